The second kappa shape index (κ2) is 4.31. The van der Waals surface area contributed by atoms with Crippen LogP contribution in [0, 0.1) is 17.8 Å². The van der Waals surface area contributed by atoms with E-state index in [0.29, 0.717) is 17.8 Å². The molecule has 0 rings (SSSR count). The average molecular weight is 143 g/mol. The highest BCUT2D eigenvalue weighted by Crippen LogP contribution is 2.17. The Morgan fingerprint density at radius 1 is 1.10 bits per heavy atom. The van der Waals surface area contributed by atoms with E-state index in [1.807, 2.05) is 0 Å². The van der Waals surface area contributed by atoms with E-state index < -0.39 is 0 Å². The van der Waals surface area contributed by atoms with Crippen molar-refractivity contribution in [3.63, 3.8) is 0 Å². The molecule has 0 aromatic heterocycles. The van der Waals surface area contributed by atoms with Crippen LogP contribution in [0.25, 0.3) is 0 Å². The van der Waals surface area contributed by atoms with Gasteiger partial charge < -0.3 is 5.21 Å². The summed E-state index contributed by atoms with van der Waals surface area (Å²) in [7, 11) is 0. The molecule has 0 fully saturated rings. The molecule has 0 saturated carbocycles. The molecular formula is C8H17NO. The summed E-state index contributed by atoms with van der Waals surface area (Å²) < 4.78 is 0. The first-order valence-corrected chi connectivity index (χ1v) is 3.77. The van der Waals surface area contributed by atoms with Gasteiger partial charge >= 0.3 is 0 Å². The highest BCUT2D eigenvalue weighted by atomic mass is 16.4. The lowest BCUT2D eigenvalue weighted by atomic mass is 9.87. The molecule has 0 radical (unpaired) electrons. The van der Waals surface area contributed by atoms with E-state index in [0.717, 1.165) is 0 Å². The Morgan fingerprint density at radius 3 is 1.60 bits per heavy atom. The van der Waals surface area contributed by atoms with Gasteiger partial charge in [0.25, 0.3) is 0 Å². The van der Waals surface area contributed by atoms with Crippen LogP contribution < -0.4 is 0 Å². The van der Waals surface area contributed by atoms with Gasteiger partial charge in [0.2, 0.25) is 0 Å². The summed E-state index contributed by atoms with van der Waals surface area (Å²) in [5.41, 5.74) is 0. The van der Waals surface area contributed by atoms with Crippen LogP contribution in [0.2, 0.25) is 0 Å². The zero-order valence-electron chi connectivity index (χ0n) is 7.20. The SMILES string of the molecule is CC(C)C(/C=N/O)C(C)C. The Morgan fingerprint density at radius 2 is 1.50 bits per heavy atom. The van der Waals surface area contributed by atoms with Crippen molar-refractivity contribution in [1.82, 2.24) is 0 Å². The molecule has 2 nitrogen and oxygen atoms in total. The lowest BCUT2D eigenvalue weighted by molar-refractivity contribution is 0.306. The summed E-state index contributed by atoms with van der Waals surface area (Å²) in [5.74, 6) is 1.50. The third kappa shape index (κ3) is 2.85. The number of hydrogen-bond donors (Lipinski definition) is 1. The molecule has 0 spiro atoms. The van der Waals surface area contributed by atoms with Crippen LogP contribution in [0.5, 0.6) is 0 Å². The minimum Gasteiger partial charge on any atom is -0.411 e. The molecule has 60 valence electrons. The molecule has 0 aromatic rings. The van der Waals surface area contributed by atoms with Crippen LogP contribution in [0.3, 0.4) is 0 Å². The van der Waals surface area contributed by atoms with Gasteiger partial charge in [-0.2, -0.15) is 0 Å². The predicted octanol–water partition coefficient (Wildman–Crippen LogP) is 2.37. The monoisotopic (exact) mass is 143 g/mol. The van der Waals surface area contributed by atoms with Gasteiger partial charge in [0.15, 0.2) is 0 Å². The number of nitrogens with zero attached hydrogens (tertiary/aromatic N) is 1. The average Bonchev–Trinajstić information content (AvgIpc) is 1.81. The molecule has 2 heteroatoms. The maximum atomic E-state index is 8.30. The molecule has 0 unspecified atom stereocenters. The van der Waals surface area contributed by atoms with Crippen molar-refractivity contribution in [3.8, 4) is 0 Å². The number of oxime groups is 1. The van der Waals surface area contributed by atoms with E-state index in [9.17, 15) is 0 Å². The maximum Gasteiger partial charge on any atom is 0.0471 e. The van der Waals surface area contributed by atoms with E-state index in [1.165, 1.54) is 0 Å². The molecule has 0 heterocycles. The molecule has 0 atom stereocenters. The van der Waals surface area contributed by atoms with Crippen molar-refractivity contribution in [2.45, 2.75) is 27.7 Å². The fraction of sp³-hybridized carbons (Fsp3) is 0.875. The normalized spacial score (nSPS) is 12.7. The highest BCUT2D eigenvalue weighted by molar-refractivity contribution is 5.60. The third-order valence-corrected chi connectivity index (χ3v) is 1.78. The van der Waals surface area contributed by atoms with Gasteiger partial charge in [0.1, 0.15) is 0 Å². The van der Waals surface area contributed by atoms with Gasteiger partial charge in [-0.1, -0.05) is 27.7 Å². The number of hydrogen-bond acceptors (Lipinski definition) is 2. The van der Waals surface area contributed by atoms with Crippen molar-refractivity contribution in [3.05, 3.63) is 0 Å². The van der Waals surface area contributed by atoms with Gasteiger partial charge in [-0.25, -0.2) is 0 Å². The Balaban J connectivity index is 3.98. The second-order valence-electron chi connectivity index (χ2n) is 3.33. The Bertz CT molecular complexity index is 99.8. The van der Waals surface area contributed by atoms with Crippen molar-refractivity contribution in [1.29, 1.82) is 0 Å². The lowest BCUT2D eigenvalue weighted by Crippen LogP contribution is -2.16. The highest BCUT2D eigenvalue weighted by Gasteiger charge is 2.14. The van der Waals surface area contributed by atoms with Gasteiger partial charge in [-0.3, -0.25) is 0 Å². The predicted molar refractivity (Wildman–Crippen MR) is 43.4 cm³/mol. The largest absolute Gasteiger partial charge is 0.411 e. The molecule has 0 aliphatic carbocycles. The number of rotatable bonds is 3. The topological polar surface area (TPSA) is 32.6 Å². The zero-order valence-corrected chi connectivity index (χ0v) is 7.20. The van der Waals surface area contributed by atoms with Crippen LogP contribution in [-0.4, -0.2) is 11.4 Å². The first-order chi connectivity index (χ1) is 4.59. The van der Waals surface area contributed by atoms with Crippen molar-refractivity contribution in [2.75, 3.05) is 0 Å². The summed E-state index contributed by atoms with van der Waals surface area (Å²) in [4.78, 5) is 0. The Hall–Kier alpha value is -0.530. The van der Waals surface area contributed by atoms with Crippen molar-refractivity contribution in [2.24, 2.45) is 22.9 Å². The second-order valence-corrected chi connectivity index (χ2v) is 3.33. The van der Waals surface area contributed by atoms with E-state index >= 15 is 0 Å². The summed E-state index contributed by atoms with van der Waals surface area (Å²) in [5, 5.41) is 11.4. The lowest BCUT2D eigenvalue weighted by Gasteiger charge is -2.18. The minimum absolute atomic E-state index is 0.394. The first kappa shape index (κ1) is 9.47. The summed E-state index contributed by atoms with van der Waals surface area (Å²) in [6, 6.07) is 0. The van der Waals surface area contributed by atoms with Gasteiger partial charge in [-0.15, -0.1) is 5.16 Å². The standard InChI is InChI=1S/C8H17NO/c1-6(2)8(5-9-10)7(3)4/h5-8,10H,1-4H3/b9-5+. The quantitative estimate of drug-likeness (QED) is 0.367. The molecule has 0 bridgehead atoms. The van der Waals surface area contributed by atoms with Gasteiger partial charge in [0, 0.05) is 12.1 Å². The van der Waals surface area contributed by atoms with E-state index in [1.54, 1.807) is 6.21 Å². The summed E-state index contributed by atoms with van der Waals surface area (Å²) in [6.45, 7) is 8.53. The summed E-state index contributed by atoms with van der Waals surface area (Å²) in [6.07, 6.45) is 1.62. The molecule has 10 heavy (non-hydrogen) atoms. The molecule has 1 N–H and O–H groups in total. The molecule has 0 aliphatic heterocycles. The molecule has 0 saturated heterocycles. The zero-order chi connectivity index (χ0) is 8.15. The van der Waals surface area contributed by atoms with E-state index in [2.05, 4.69) is 32.9 Å². The fourth-order valence-electron chi connectivity index (χ4n) is 1.19. The molecule has 0 aromatic carbocycles. The van der Waals surface area contributed by atoms with Gasteiger partial charge in [-0.05, 0) is 11.8 Å². The van der Waals surface area contributed by atoms with Crippen LogP contribution >= 0.6 is 0 Å². The Kier molecular flexibility index (Phi) is 4.08. The third-order valence-electron chi connectivity index (χ3n) is 1.78. The van der Waals surface area contributed by atoms with Gasteiger partial charge in [0.05, 0.1) is 0 Å². The summed E-state index contributed by atoms with van der Waals surface area (Å²) >= 11 is 0. The molecular weight excluding hydrogens is 126 g/mol. The maximum absolute atomic E-state index is 8.30. The first-order valence-electron chi connectivity index (χ1n) is 3.77. The fourth-order valence-corrected chi connectivity index (χ4v) is 1.19. The van der Waals surface area contributed by atoms with E-state index in [-0.39, 0.29) is 0 Å². The smallest absolute Gasteiger partial charge is 0.0471 e. The molecule has 0 amide bonds. The van der Waals surface area contributed by atoms with Crippen molar-refractivity contribution < 1.29 is 5.21 Å². The van der Waals surface area contributed by atoms with Crippen LogP contribution in [0.1, 0.15) is 27.7 Å². The van der Waals surface area contributed by atoms with Crippen LogP contribution in [-0.2, 0) is 0 Å². The minimum atomic E-state index is 0.394. The molecule has 0 aliphatic rings. The van der Waals surface area contributed by atoms with Crippen LogP contribution in [0.4, 0.5) is 0 Å². The Labute approximate surface area is 62.9 Å². The van der Waals surface area contributed by atoms with Crippen molar-refractivity contribution >= 4 is 6.21 Å². The van der Waals surface area contributed by atoms with Crippen LogP contribution in [0.15, 0.2) is 5.16 Å². The van der Waals surface area contributed by atoms with E-state index in [4.69, 9.17) is 5.21 Å².